The van der Waals surface area contributed by atoms with E-state index < -0.39 is 0 Å². The van der Waals surface area contributed by atoms with Crippen molar-refractivity contribution in [1.82, 2.24) is 4.98 Å². The van der Waals surface area contributed by atoms with E-state index in [9.17, 15) is 0 Å². The molecule has 1 saturated heterocycles. The molecule has 1 aromatic heterocycles. The number of nitrogens with two attached hydrogens (primary N) is 1. The SMILES string of the molecule is COC[C@@H]1CCCN(c2nc(N)cs2)C1. The van der Waals surface area contributed by atoms with Crippen LogP contribution in [0.3, 0.4) is 0 Å². The average molecular weight is 227 g/mol. The van der Waals surface area contributed by atoms with Gasteiger partial charge in [-0.05, 0) is 18.8 Å². The van der Waals surface area contributed by atoms with Gasteiger partial charge in [0.1, 0.15) is 5.82 Å². The predicted octanol–water partition coefficient (Wildman–Crippen LogP) is 1.59. The largest absolute Gasteiger partial charge is 0.384 e. The Morgan fingerprint density at radius 3 is 3.27 bits per heavy atom. The fourth-order valence-electron chi connectivity index (χ4n) is 2.03. The van der Waals surface area contributed by atoms with Crippen LogP contribution >= 0.6 is 11.3 Å². The first-order valence-corrected chi connectivity index (χ1v) is 6.12. The Balaban J connectivity index is 1.98. The number of piperidine rings is 1. The van der Waals surface area contributed by atoms with Gasteiger partial charge < -0.3 is 15.4 Å². The number of hydrogen-bond donors (Lipinski definition) is 1. The first kappa shape index (κ1) is 10.7. The summed E-state index contributed by atoms with van der Waals surface area (Å²) >= 11 is 1.63. The zero-order valence-corrected chi connectivity index (χ0v) is 9.80. The maximum atomic E-state index is 5.63. The normalized spacial score (nSPS) is 21.9. The second-order valence-electron chi connectivity index (χ2n) is 3.96. The Hall–Kier alpha value is -0.810. The molecule has 0 spiro atoms. The summed E-state index contributed by atoms with van der Waals surface area (Å²) in [5.41, 5.74) is 5.63. The highest BCUT2D eigenvalue weighted by Gasteiger charge is 2.21. The molecule has 1 aliphatic heterocycles. The number of thiazole rings is 1. The summed E-state index contributed by atoms with van der Waals surface area (Å²) in [7, 11) is 1.76. The fraction of sp³-hybridized carbons (Fsp3) is 0.700. The highest BCUT2D eigenvalue weighted by atomic mass is 32.1. The van der Waals surface area contributed by atoms with Gasteiger partial charge in [-0.3, -0.25) is 0 Å². The van der Waals surface area contributed by atoms with E-state index in [4.69, 9.17) is 10.5 Å². The molecule has 0 saturated carbocycles. The molecule has 1 fully saturated rings. The molecule has 0 aromatic carbocycles. The monoisotopic (exact) mass is 227 g/mol. The third-order valence-electron chi connectivity index (χ3n) is 2.70. The van der Waals surface area contributed by atoms with Crippen molar-refractivity contribution in [2.75, 3.05) is 37.4 Å². The van der Waals surface area contributed by atoms with Crippen LogP contribution in [0.15, 0.2) is 5.38 Å². The van der Waals surface area contributed by atoms with E-state index in [2.05, 4.69) is 9.88 Å². The molecule has 15 heavy (non-hydrogen) atoms. The first-order chi connectivity index (χ1) is 7.29. The van der Waals surface area contributed by atoms with Crippen LogP contribution in [-0.4, -0.2) is 31.8 Å². The van der Waals surface area contributed by atoms with Crippen LogP contribution in [-0.2, 0) is 4.74 Å². The van der Waals surface area contributed by atoms with Crippen LogP contribution in [0.5, 0.6) is 0 Å². The van der Waals surface area contributed by atoms with Crippen molar-refractivity contribution in [3.05, 3.63) is 5.38 Å². The summed E-state index contributed by atoms with van der Waals surface area (Å²) in [4.78, 5) is 6.62. The smallest absolute Gasteiger partial charge is 0.187 e. The molecule has 2 rings (SSSR count). The minimum Gasteiger partial charge on any atom is -0.384 e. The van der Waals surface area contributed by atoms with Gasteiger partial charge in [0.05, 0.1) is 6.61 Å². The molecule has 2 N–H and O–H groups in total. The number of anilines is 2. The molecule has 0 amide bonds. The number of ether oxygens (including phenoxy) is 1. The number of rotatable bonds is 3. The second kappa shape index (κ2) is 4.81. The summed E-state index contributed by atoms with van der Waals surface area (Å²) in [5, 5.41) is 2.95. The molecule has 0 bridgehead atoms. The van der Waals surface area contributed by atoms with Gasteiger partial charge in [0, 0.05) is 25.6 Å². The highest BCUT2D eigenvalue weighted by Crippen LogP contribution is 2.26. The Kier molecular flexibility index (Phi) is 3.43. The molecule has 0 unspecified atom stereocenters. The van der Waals surface area contributed by atoms with E-state index in [-0.39, 0.29) is 0 Å². The number of hydrogen-bond acceptors (Lipinski definition) is 5. The Morgan fingerprint density at radius 1 is 1.73 bits per heavy atom. The molecule has 5 heteroatoms. The summed E-state index contributed by atoms with van der Waals surface area (Å²) in [6.45, 7) is 2.98. The van der Waals surface area contributed by atoms with Crippen LogP contribution in [0.4, 0.5) is 10.9 Å². The minimum absolute atomic E-state index is 0.629. The minimum atomic E-state index is 0.629. The van der Waals surface area contributed by atoms with Gasteiger partial charge in [0.25, 0.3) is 0 Å². The first-order valence-electron chi connectivity index (χ1n) is 5.24. The Labute approximate surface area is 94.1 Å². The van der Waals surface area contributed by atoms with E-state index in [1.807, 2.05) is 5.38 Å². The molecule has 0 radical (unpaired) electrons. The lowest BCUT2D eigenvalue weighted by Crippen LogP contribution is -2.37. The quantitative estimate of drug-likeness (QED) is 0.852. The van der Waals surface area contributed by atoms with Crippen molar-refractivity contribution in [1.29, 1.82) is 0 Å². The van der Waals surface area contributed by atoms with Gasteiger partial charge in [-0.1, -0.05) is 0 Å². The number of nitrogens with zero attached hydrogens (tertiary/aromatic N) is 2. The molecule has 0 aliphatic carbocycles. The van der Waals surface area contributed by atoms with Crippen LogP contribution in [0, 0.1) is 5.92 Å². The lowest BCUT2D eigenvalue weighted by atomic mass is 9.99. The second-order valence-corrected chi connectivity index (χ2v) is 4.80. The van der Waals surface area contributed by atoms with E-state index in [1.54, 1.807) is 18.4 Å². The van der Waals surface area contributed by atoms with E-state index >= 15 is 0 Å². The van der Waals surface area contributed by atoms with E-state index in [0.717, 1.165) is 24.8 Å². The highest BCUT2D eigenvalue weighted by molar-refractivity contribution is 7.14. The summed E-state index contributed by atoms with van der Waals surface area (Å²) in [6, 6.07) is 0. The van der Waals surface area contributed by atoms with Gasteiger partial charge in [-0.25, -0.2) is 4.98 Å². The van der Waals surface area contributed by atoms with Gasteiger partial charge in [0.2, 0.25) is 0 Å². The van der Waals surface area contributed by atoms with Gasteiger partial charge in [-0.15, -0.1) is 11.3 Å². The molecule has 4 nitrogen and oxygen atoms in total. The van der Waals surface area contributed by atoms with E-state index in [1.165, 1.54) is 12.8 Å². The molecular formula is C10H17N3OS. The van der Waals surface area contributed by atoms with Crippen LogP contribution in [0.2, 0.25) is 0 Å². The summed E-state index contributed by atoms with van der Waals surface area (Å²) in [6.07, 6.45) is 2.47. The maximum Gasteiger partial charge on any atom is 0.187 e. The lowest BCUT2D eigenvalue weighted by molar-refractivity contribution is 0.143. The predicted molar refractivity (Wildman–Crippen MR) is 63.3 cm³/mol. The summed E-state index contributed by atoms with van der Waals surface area (Å²) in [5.74, 6) is 1.26. The Morgan fingerprint density at radius 2 is 2.60 bits per heavy atom. The van der Waals surface area contributed by atoms with Crippen molar-refractivity contribution >= 4 is 22.3 Å². The zero-order valence-electron chi connectivity index (χ0n) is 8.98. The van der Waals surface area contributed by atoms with Crippen LogP contribution in [0.25, 0.3) is 0 Å². The summed E-state index contributed by atoms with van der Waals surface area (Å²) < 4.78 is 5.20. The number of nitrogen functional groups attached to an aromatic ring is 1. The van der Waals surface area contributed by atoms with Crippen LogP contribution in [0.1, 0.15) is 12.8 Å². The zero-order chi connectivity index (χ0) is 10.7. The molecule has 1 atom stereocenters. The number of aromatic nitrogens is 1. The Bertz CT molecular complexity index is 313. The van der Waals surface area contributed by atoms with Crippen molar-refractivity contribution in [3.63, 3.8) is 0 Å². The fourth-order valence-corrected chi connectivity index (χ4v) is 2.78. The van der Waals surface area contributed by atoms with Crippen LogP contribution < -0.4 is 10.6 Å². The van der Waals surface area contributed by atoms with E-state index in [0.29, 0.717) is 11.7 Å². The molecular weight excluding hydrogens is 210 g/mol. The maximum absolute atomic E-state index is 5.63. The van der Waals surface area contributed by atoms with Crippen molar-refractivity contribution in [3.8, 4) is 0 Å². The van der Waals surface area contributed by atoms with Crippen molar-refractivity contribution in [2.24, 2.45) is 5.92 Å². The third-order valence-corrected chi connectivity index (χ3v) is 3.62. The standard InChI is InChI=1S/C10H17N3OS/c1-14-6-8-3-2-4-13(5-8)10-12-9(11)7-15-10/h7-8H,2-6,11H2,1H3/t8-/m1/s1. The van der Waals surface area contributed by atoms with Crippen molar-refractivity contribution in [2.45, 2.75) is 12.8 Å². The van der Waals surface area contributed by atoms with Gasteiger partial charge in [0.15, 0.2) is 5.13 Å². The lowest BCUT2D eigenvalue weighted by Gasteiger charge is -2.32. The molecule has 1 aliphatic rings. The van der Waals surface area contributed by atoms with Crippen molar-refractivity contribution < 1.29 is 4.74 Å². The van der Waals surface area contributed by atoms with Gasteiger partial charge >= 0.3 is 0 Å². The molecule has 2 heterocycles. The molecule has 1 aromatic rings. The molecule has 84 valence electrons. The topological polar surface area (TPSA) is 51.4 Å². The average Bonchev–Trinajstić information content (AvgIpc) is 2.66. The third kappa shape index (κ3) is 2.60. The van der Waals surface area contributed by atoms with Gasteiger partial charge in [-0.2, -0.15) is 0 Å². The number of methoxy groups -OCH3 is 1.